The molecule has 1 aromatic heterocycles. The Morgan fingerprint density at radius 3 is 2.71 bits per heavy atom. The lowest BCUT2D eigenvalue weighted by Crippen LogP contribution is -2.46. The second-order valence-corrected chi connectivity index (χ2v) is 6.84. The number of nitrogens with two attached hydrogens (primary N) is 1. The quantitative estimate of drug-likeness (QED) is 0.713. The number of rotatable bonds is 4. The Hall–Kier alpha value is -3.23. The normalized spacial score (nSPS) is 17.5. The van der Waals surface area contributed by atoms with Crippen LogP contribution in [0.5, 0.6) is 0 Å². The van der Waals surface area contributed by atoms with Gasteiger partial charge in [-0.25, -0.2) is 4.68 Å². The zero-order valence-electron chi connectivity index (χ0n) is 15.5. The van der Waals surface area contributed by atoms with E-state index in [1.54, 1.807) is 28.9 Å². The topological polar surface area (TPSA) is 102 Å². The first-order chi connectivity index (χ1) is 13.5. The number of morpholine rings is 1. The molecule has 1 atom stereocenters. The van der Waals surface area contributed by atoms with Gasteiger partial charge in [-0.2, -0.15) is 5.10 Å². The Morgan fingerprint density at radius 1 is 1.21 bits per heavy atom. The van der Waals surface area contributed by atoms with Crippen LogP contribution in [0.15, 0.2) is 48.7 Å². The lowest BCUT2D eigenvalue weighted by Gasteiger charge is -2.29. The number of likely N-dealkylation sites (N-methyl/N-ethyl adjacent to an activating group) is 1. The summed E-state index contributed by atoms with van der Waals surface area (Å²) in [5.41, 5.74) is 7.85. The van der Waals surface area contributed by atoms with Crippen molar-refractivity contribution in [1.29, 1.82) is 0 Å². The molecule has 144 valence electrons. The molecule has 3 aromatic rings. The van der Waals surface area contributed by atoms with Crippen molar-refractivity contribution < 1.29 is 14.3 Å². The predicted octanol–water partition coefficient (Wildman–Crippen LogP) is 1.39. The van der Waals surface area contributed by atoms with E-state index in [0.29, 0.717) is 29.9 Å². The number of aromatic nitrogens is 2. The maximum absolute atomic E-state index is 12.4. The number of carbonyl (C=O) groups is 2. The van der Waals surface area contributed by atoms with Gasteiger partial charge in [-0.3, -0.25) is 9.59 Å². The van der Waals surface area contributed by atoms with Gasteiger partial charge in [0.15, 0.2) is 0 Å². The molecule has 28 heavy (non-hydrogen) atoms. The van der Waals surface area contributed by atoms with Crippen LogP contribution in [0.25, 0.3) is 16.6 Å². The number of nitrogens with zero attached hydrogens (tertiary/aromatic N) is 3. The fourth-order valence-corrected chi connectivity index (χ4v) is 3.23. The molecule has 8 nitrogen and oxygen atoms in total. The fraction of sp³-hybridized carbons (Fsp3) is 0.250. The van der Waals surface area contributed by atoms with E-state index in [0.717, 1.165) is 17.6 Å². The summed E-state index contributed by atoms with van der Waals surface area (Å²) in [6.45, 7) is 1.95. The van der Waals surface area contributed by atoms with Gasteiger partial charge in [0.25, 0.3) is 11.8 Å². The lowest BCUT2D eigenvalue weighted by molar-refractivity contribution is -0.132. The Morgan fingerprint density at radius 2 is 2.00 bits per heavy atom. The zero-order chi connectivity index (χ0) is 19.7. The van der Waals surface area contributed by atoms with Gasteiger partial charge in [0, 0.05) is 30.4 Å². The first kappa shape index (κ1) is 18.1. The Labute approximate surface area is 161 Å². The first-order valence-electron chi connectivity index (χ1n) is 9.01. The second-order valence-electron chi connectivity index (χ2n) is 6.84. The van der Waals surface area contributed by atoms with Crippen LogP contribution < -0.4 is 11.1 Å². The molecule has 1 aliphatic rings. The third kappa shape index (κ3) is 3.60. The summed E-state index contributed by atoms with van der Waals surface area (Å²) in [5, 5.41) is 8.19. The number of anilines is 1. The Kier molecular flexibility index (Phi) is 4.81. The molecular weight excluding hydrogens is 358 g/mol. The molecule has 1 saturated heterocycles. The molecule has 1 aliphatic heterocycles. The monoisotopic (exact) mass is 379 g/mol. The van der Waals surface area contributed by atoms with Crippen LogP contribution in [-0.2, 0) is 9.53 Å². The minimum absolute atomic E-state index is 0.157. The summed E-state index contributed by atoms with van der Waals surface area (Å²) in [6, 6.07) is 12.6. The highest BCUT2D eigenvalue weighted by atomic mass is 16.5. The highest BCUT2D eigenvalue weighted by molar-refractivity contribution is 6.04. The molecule has 0 spiro atoms. The average Bonchev–Trinajstić information content (AvgIpc) is 3.12. The third-order valence-corrected chi connectivity index (χ3v) is 4.76. The van der Waals surface area contributed by atoms with Gasteiger partial charge in [0.2, 0.25) is 0 Å². The first-order valence-corrected chi connectivity index (χ1v) is 9.01. The number of benzene rings is 2. The van der Waals surface area contributed by atoms with Crippen LogP contribution in [-0.4, -0.2) is 59.3 Å². The van der Waals surface area contributed by atoms with E-state index in [2.05, 4.69) is 15.3 Å². The maximum Gasteiger partial charge on any atom is 0.254 e. The second kappa shape index (κ2) is 7.41. The van der Waals surface area contributed by atoms with Gasteiger partial charge < -0.3 is 20.7 Å². The van der Waals surface area contributed by atoms with Crippen LogP contribution >= 0.6 is 0 Å². The standard InChI is InChI=1S/C20H21N5O3/c1-24-9-10-28-17(12-24)20(27)22-14-5-7-15(8-6-14)25-11-13-3-2-4-16(19(21)26)18(13)23-25/h2-8,11,17H,9-10,12H2,1H3,(H2,21,26)(H,22,27). The number of primary amides is 1. The van der Waals surface area contributed by atoms with E-state index < -0.39 is 12.0 Å². The number of nitrogens with one attached hydrogen (secondary N) is 1. The van der Waals surface area contributed by atoms with Gasteiger partial charge in [0.1, 0.15) is 11.6 Å². The average molecular weight is 379 g/mol. The van der Waals surface area contributed by atoms with Crippen molar-refractivity contribution in [3.8, 4) is 5.69 Å². The summed E-state index contributed by atoms with van der Waals surface area (Å²) in [7, 11) is 1.97. The van der Waals surface area contributed by atoms with Crippen LogP contribution in [0.4, 0.5) is 5.69 Å². The van der Waals surface area contributed by atoms with Crippen LogP contribution in [0, 0.1) is 0 Å². The third-order valence-electron chi connectivity index (χ3n) is 4.76. The van der Waals surface area contributed by atoms with E-state index in [-0.39, 0.29) is 5.91 Å². The van der Waals surface area contributed by atoms with E-state index in [4.69, 9.17) is 10.5 Å². The van der Waals surface area contributed by atoms with Crippen molar-refractivity contribution in [2.45, 2.75) is 6.10 Å². The van der Waals surface area contributed by atoms with Crippen molar-refractivity contribution in [3.63, 3.8) is 0 Å². The maximum atomic E-state index is 12.4. The summed E-state index contributed by atoms with van der Waals surface area (Å²) >= 11 is 0. The molecule has 3 N–H and O–H groups in total. The van der Waals surface area contributed by atoms with Crippen molar-refractivity contribution in [1.82, 2.24) is 14.7 Å². The van der Waals surface area contributed by atoms with Gasteiger partial charge in [-0.15, -0.1) is 0 Å². The Balaban J connectivity index is 1.52. The number of hydrogen-bond acceptors (Lipinski definition) is 5. The minimum atomic E-state index is -0.510. The molecule has 0 bridgehead atoms. The molecule has 0 aliphatic carbocycles. The molecule has 0 radical (unpaired) electrons. The smallest absolute Gasteiger partial charge is 0.254 e. The van der Waals surface area contributed by atoms with Gasteiger partial charge in [-0.1, -0.05) is 12.1 Å². The summed E-state index contributed by atoms with van der Waals surface area (Å²) < 4.78 is 7.22. The molecule has 0 saturated carbocycles. The minimum Gasteiger partial charge on any atom is -0.366 e. The predicted molar refractivity (Wildman–Crippen MR) is 105 cm³/mol. The number of carbonyl (C=O) groups excluding carboxylic acids is 2. The molecule has 1 unspecified atom stereocenters. The van der Waals surface area contributed by atoms with E-state index in [9.17, 15) is 9.59 Å². The SMILES string of the molecule is CN1CCOC(C(=O)Nc2ccc(-n3cc4cccc(C(N)=O)c4n3)cc2)C1. The van der Waals surface area contributed by atoms with Gasteiger partial charge in [0.05, 0.1) is 17.9 Å². The Bertz CT molecular complexity index is 1030. The van der Waals surface area contributed by atoms with Crippen LogP contribution in [0.3, 0.4) is 0 Å². The number of ether oxygens (including phenoxy) is 1. The summed E-state index contributed by atoms with van der Waals surface area (Å²) in [5.74, 6) is -0.667. The molecule has 2 amide bonds. The van der Waals surface area contributed by atoms with Crippen LogP contribution in [0.2, 0.25) is 0 Å². The van der Waals surface area contributed by atoms with E-state index in [1.807, 2.05) is 31.4 Å². The summed E-state index contributed by atoms with van der Waals surface area (Å²) in [4.78, 5) is 26.0. The molecule has 1 fully saturated rings. The fourth-order valence-electron chi connectivity index (χ4n) is 3.23. The number of fused-ring (bicyclic) bond motifs is 1. The molecule has 2 aromatic carbocycles. The van der Waals surface area contributed by atoms with Crippen molar-refractivity contribution >= 4 is 28.4 Å². The zero-order valence-corrected chi connectivity index (χ0v) is 15.5. The van der Waals surface area contributed by atoms with Gasteiger partial charge >= 0.3 is 0 Å². The molecular formula is C20H21N5O3. The van der Waals surface area contributed by atoms with Crippen molar-refractivity contribution in [3.05, 3.63) is 54.2 Å². The number of hydrogen-bond donors (Lipinski definition) is 2. The molecule has 2 heterocycles. The summed E-state index contributed by atoms with van der Waals surface area (Å²) in [6.07, 6.45) is 1.36. The van der Waals surface area contributed by atoms with Crippen molar-refractivity contribution in [2.24, 2.45) is 5.73 Å². The highest BCUT2D eigenvalue weighted by Gasteiger charge is 2.24. The van der Waals surface area contributed by atoms with E-state index >= 15 is 0 Å². The highest BCUT2D eigenvalue weighted by Crippen LogP contribution is 2.20. The van der Waals surface area contributed by atoms with Crippen molar-refractivity contribution in [2.75, 3.05) is 32.1 Å². The van der Waals surface area contributed by atoms with E-state index in [1.165, 1.54) is 0 Å². The number of amides is 2. The molecule has 8 heteroatoms. The molecule has 4 rings (SSSR count). The lowest BCUT2D eigenvalue weighted by atomic mass is 10.1. The van der Waals surface area contributed by atoms with Crippen LogP contribution in [0.1, 0.15) is 10.4 Å². The largest absolute Gasteiger partial charge is 0.366 e. The van der Waals surface area contributed by atoms with Gasteiger partial charge in [-0.05, 0) is 37.4 Å².